The largest absolute Gasteiger partial charge is 0.351 e. The van der Waals surface area contributed by atoms with Gasteiger partial charge in [0, 0.05) is 11.9 Å². The number of alkyl halides is 1. The summed E-state index contributed by atoms with van der Waals surface area (Å²) in [4.78, 5) is 12.8. The Labute approximate surface area is 120 Å². The highest BCUT2D eigenvalue weighted by Crippen LogP contribution is 2.48. The number of amides is 1. The normalized spacial score (nSPS) is 16.9. The lowest BCUT2D eigenvalue weighted by Crippen LogP contribution is -2.30. The molecule has 1 aromatic heterocycles. The fourth-order valence-electron chi connectivity index (χ4n) is 1.97. The van der Waals surface area contributed by atoms with E-state index in [1.54, 1.807) is 0 Å². The van der Waals surface area contributed by atoms with E-state index in [1.807, 2.05) is 13.8 Å². The minimum absolute atomic E-state index is 0.0189. The van der Waals surface area contributed by atoms with Crippen LogP contribution in [0.5, 0.6) is 0 Å². The molecule has 100 valence electrons. The molecule has 1 aliphatic rings. The molecule has 1 saturated carbocycles. The number of hydrogen-bond donors (Lipinski definition) is 1. The summed E-state index contributed by atoms with van der Waals surface area (Å²) in [5, 5.41) is 8.07. The van der Waals surface area contributed by atoms with Gasteiger partial charge in [0.05, 0.1) is 5.69 Å². The minimum Gasteiger partial charge on any atom is -0.351 e. The first-order valence-electron chi connectivity index (χ1n) is 6.24. The second-order valence-corrected chi connectivity index (χ2v) is 6.81. The topological polar surface area (TPSA) is 54.9 Å². The summed E-state index contributed by atoms with van der Waals surface area (Å²) < 4.78 is 3.88. The summed E-state index contributed by atoms with van der Waals surface area (Å²) in [6.07, 6.45) is 3.57. The third kappa shape index (κ3) is 3.09. The van der Waals surface area contributed by atoms with E-state index in [0.29, 0.717) is 10.3 Å². The van der Waals surface area contributed by atoms with E-state index in [0.717, 1.165) is 24.0 Å². The van der Waals surface area contributed by atoms with Crippen LogP contribution in [-0.2, 0) is 0 Å². The van der Waals surface area contributed by atoms with Gasteiger partial charge >= 0.3 is 0 Å². The summed E-state index contributed by atoms with van der Waals surface area (Å²) in [6.45, 7) is 4.83. The number of halogens is 1. The van der Waals surface area contributed by atoms with Crippen molar-refractivity contribution in [1.29, 1.82) is 0 Å². The van der Waals surface area contributed by atoms with Crippen molar-refractivity contribution in [3.05, 3.63) is 10.6 Å². The van der Waals surface area contributed by atoms with Crippen LogP contribution in [0.25, 0.3) is 0 Å². The zero-order chi connectivity index (χ0) is 13.2. The number of nitrogens with one attached hydrogen (secondary N) is 1. The lowest BCUT2D eigenvalue weighted by molar-refractivity contribution is 0.0947. The van der Waals surface area contributed by atoms with Gasteiger partial charge in [-0.15, -0.1) is 5.10 Å². The van der Waals surface area contributed by atoms with Gasteiger partial charge in [-0.25, -0.2) is 0 Å². The second-order valence-electron chi connectivity index (χ2n) is 5.26. The molecule has 6 heteroatoms. The third-order valence-electron chi connectivity index (χ3n) is 3.47. The Morgan fingerprint density at radius 1 is 1.56 bits per heavy atom. The molecule has 1 fully saturated rings. The SMILES string of the molecule is CC(C)c1nnsc1C(=O)NCC1(CCBr)CC1. The van der Waals surface area contributed by atoms with Crippen LogP contribution in [0.4, 0.5) is 0 Å². The van der Waals surface area contributed by atoms with E-state index in [1.165, 1.54) is 24.4 Å². The Balaban J connectivity index is 1.94. The average molecular weight is 332 g/mol. The van der Waals surface area contributed by atoms with Gasteiger partial charge in [0.1, 0.15) is 4.88 Å². The van der Waals surface area contributed by atoms with Gasteiger partial charge in [-0.3, -0.25) is 4.79 Å². The van der Waals surface area contributed by atoms with Gasteiger partial charge in [-0.2, -0.15) is 0 Å². The van der Waals surface area contributed by atoms with E-state index in [9.17, 15) is 4.79 Å². The van der Waals surface area contributed by atoms with Crippen LogP contribution in [0.15, 0.2) is 0 Å². The van der Waals surface area contributed by atoms with E-state index in [2.05, 4.69) is 30.8 Å². The highest BCUT2D eigenvalue weighted by Gasteiger charge is 2.41. The molecule has 1 amide bonds. The highest BCUT2D eigenvalue weighted by molar-refractivity contribution is 9.09. The van der Waals surface area contributed by atoms with Crippen molar-refractivity contribution >= 4 is 33.4 Å². The van der Waals surface area contributed by atoms with Crippen molar-refractivity contribution < 1.29 is 4.79 Å². The van der Waals surface area contributed by atoms with Gasteiger partial charge in [0.2, 0.25) is 0 Å². The van der Waals surface area contributed by atoms with Crippen LogP contribution in [0.2, 0.25) is 0 Å². The Kier molecular flexibility index (Phi) is 4.37. The summed E-state index contributed by atoms with van der Waals surface area (Å²) in [5.41, 5.74) is 1.15. The molecule has 2 rings (SSSR count). The van der Waals surface area contributed by atoms with Gasteiger partial charge < -0.3 is 5.32 Å². The fraction of sp³-hybridized carbons (Fsp3) is 0.750. The smallest absolute Gasteiger partial charge is 0.264 e. The van der Waals surface area contributed by atoms with Gasteiger partial charge in [-0.1, -0.05) is 34.3 Å². The second kappa shape index (κ2) is 5.65. The summed E-state index contributed by atoms with van der Waals surface area (Å²) >= 11 is 4.66. The first-order chi connectivity index (χ1) is 8.58. The predicted molar refractivity (Wildman–Crippen MR) is 76.4 cm³/mol. The molecule has 0 aromatic carbocycles. The Morgan fingerprint density at radius 3 is 2.83 bits per heavy atom. The molecular formula is C12H18BrN3OS. The molecule has 0 unspecified atom stereocenters. The van der Waals surface area contributed by atoms with Gasteiger partial charge in [-0.05, 0) is 42.1 Å². The first-order valence-corrected chi connectivity index (χ1v) is 8.14. The number of rotatable bonds is 6. The highest BCUT2D eigenvalue weighted by atomic mass is 79.9. The zero-order valence-corrected chi connectivity index (χ0v) is 13.1. The van der Waals surface area contributed by atoms with Crippen LogP contribution in [0.3, 0.4) is 0 Å². The Bertz CT molecular complexity index is 429. The molecule has 18 heavy (non-hydrogen) atoms. The van der Waals surface area contributed by atoms with Gasteiger partial charge in [0.25, 0.3) is 5.91 Å². The maximum Gasteiger partial charge on any atom is 0.264 e. The number of hydrogen-bond acceptors (Lipinski definition) is 4. The van der Waals surface area contributed by atoms with Crippen molar-refractivity contribution in [2.45, 2.75) is 39.0 Å². The summed E-state index contributed by atoms with van der Waals surface area (Å²) in [7, 11) is 0. The number of nitrogens with zero attached hydrogens (tertiary/aromatic N) is 2. The lowest BCUT2D eigenvalue weighted by Gasteiger charge is -2.14. The number of carbonyl (C=O) groups excluding carboxylic acids is 1. The molecule has 1 aliphatic carbocycles. The van der Waals surface area contributed by atoms with E-state index in [4.69, 9.17) is 0 Å². The standard InChI is InChI=1S/C12H18BrN3OS/c1-8(2)9-10(18-16-15-9)11(17)14-7-12(3-4-12)5-6-13/h8H,3-7H2,1-2H3,(H,14,17). The van der Waals surface area contributed by atoms with Crippen LogP contribution in [0.1, 0.15) is 54.4 Å². The molecular weight excluding hydrogens is 314 g/mol. The maximum absolute atomic E-state index is 12.1. The molecule has 0 atom stereocenters. The Hall–Kier alpha value is -0.490. The molecule has 1 aromatic rings. The number of aromatic nitrogens is 2. The average Bonchev–Trinajstić information content (AvgIpc) is 2.92. The molecule has 1 N–H and O–H groups in total. The third-order valence-corrected chi connectivity index (χ3v) is 4.61. The fourth-order valence-corrected chi connectivity index (χ4v) is 3.55. The van der Waals surface area contributed by atoms with Crippen molar-refractivity contribution in [3.8, 4) is 0 Å². The molecule has 4 nitrogen and oxygen atoms in total. The van der Waals surface area contributed by atoms with Crippen LogP contribution < -0.4 is 5.32 Å². The van der Waals surface area contributed by atoms with Crippen molar-refractivity contribution in [2.24, 2.45) is 5.41 Å². The minimum atomic E-state index is -0.0189. The van der Waals surface area contributed by atoms with Gasteiger partial charge in [0.15, 0.2) is 0 Å². The molecule has 0 bridgehead atoms. The monoisotopic (exact) mass is 331 g/mol. The Morgan fingerprint density at radius 2 is 2.28 bits per heavy atom. The van der Waals surface area contributed by atoms with Crippen molar-refractivity contribution in [3.63, 3.8) is 0 Å². The van der Waals surface area contributed by atoms with E-state index >= 15 is 0 Å². The van der Waals surface area contributed by atoms with Crippen LogP contribution in [0, 0.1) is 5.41 Å². The molecule has 0 spiro atoms. The van der Waals surface area contributed by atoms with Crippen LogP contribution in [-0.4, -0.2) is 27.4 Å². The van der Waals surface area contributed by atoms with Crippen molar-refractivity contribution in [1.82, 2.24) is 14.9 Å². The van der Waals surface area contributed by atoms with Crippen molar-refractivity contribution in [2.75, 3.05) is 11.9 Å². The van der Waals surface area contributed by atoms with Crippen LogP contribution >= 0.6 is 27.5 Å². The maximum atomic E-state index is 12.1. The zero-order valence-electron chi connectivity index (χ0n) is 10.7. The quantitative estimate of drug-likeness (QED) is 0.815. The summed E-state index contributed by atoms with van der Waals surface area (Å²) in [5.74, 6) is 0.219. The summed E-state index contributed by atoms with van der Waals surface area (Å²) in [6, 6.07) is 0. The van der Waals surface area contributed by atoms with E-state index < -0.39 is 0 Å². The molecule has 0 radical (unpaired) electrons. The number of carbonyl (C=O) groups is 1. The lowest BCUT2D eigenvalue weighted by atomic mass is 10.0. The predicted octanol–water partition coefficient (Wildman–Crippen LogP) is 2.96. The van der Waals surface area contributed by atoms with E-state index in [-0.39, 0.29) is 11.8 Å². The molecule has 1 heterocycles. The molecule has 0 aliphatic heterocycles. The molecule has 0 saturated heterocycles. The first kappa shape index (κ1) is 13.9.